The van der Waals surface area contributed by atoms with Crippen LogP contribution in [0.1, 0.15) is 22.5 Å². The number of hydrogen-bond acceptors (Lipinski definition) is 6. The van der Waals surface area contributed by atoms with Crippen LogP contribution in [0.15, 0.2) is 60.2 Å². The highest BCUT2D eigenvalue weighted by molar-refractivity contribution is 7.12. The van der Waals surface area contributed by atoms with Gasteiger partial charge < -0.3 is 15.0 Å². The Kier molecular flexibility index (Phi) is 5.81. The predicted molar refractivity (Wildman–Crippen MR) is 110 cm³/mol. The highest BCUT2D eigenvalue weighted by Crippen LogP contribution is 2.24. The van der Waals surface area contributed by atoms with Gasteiger partial charge >= 0.3 is 6.01 Å². The molecule has 0 aliphatic carbocycles. The topological polar surface area (TPSA) is 84.4 Å². The number of rotatable bonds is 5. The van der Waals surface area contributed by atoms with Crippen molar-refractivity contribution in [2.75, 3.05) is 18.4 Å². The van der Waals surface area contributed by atoms with Gasteiger partial charge in [0.1, 0.15) is 5.75 Å². The molecule has 0 atom stereocenters. The molecule has 1 N–H and O–H groups in total. The molecular weight excluding hydrogens is 388 g/mol. The fourth-order valence-corrected chi connectivity index (χ4v) is 3.89. The average Bonchev–Trinajstić information content (AvgIpc) is 3.30. The molecule has 1 aromatic carbocycles. The third-order valence-electron chi connectivity index (χ3n) is 4.76. The van der Waals surface area contributed by atoms with Gasteiger partial charge in [0.15, 0.2) is 0 Å². The number of carbonyl (C=O) groups excluding carboxylic acids is 2. The first kappa shape index (κ1) is 19.1. The summed E-state index contributed by atoms with van der Waals surface area (Å²) in [7, 11) is 0. The Morgan fingerprint density at radius 2 is 1.76 bits per heavy atom. The largest absolute Gasteiger partial charge is 0.424 e. The van der Waals surface area contributed by atoms with Crippen LogP contribution >= 0.6 is 11.3 Å². The molecule has 1 fully saturated rings. The Balaban J connectivity index is 1.28. The Morgan fingerprint density at radius 1 is 1.03 bits per heavy atom. The normalized spacial score (nSPS) is 14.4. The van der Waals surface area contributed by atoms with Crippen LogP contribution in [0.25, 0.3) is 0 Å². The van der Waals surface area contributed by atoms with E-state index in [9.17, 15) is 9.59 Å². The maximum Gasteiger partial charge on any atom is 0.321 e. The van der Waals surface area contributed by atoms with Crippen LogP contribution in [-0.2, 0) is 4.79 Å². The highest BCUT2D eigenvalue weighted by atomic mass is 32.1. The molecule has 4 rings (SSSR count). The van der Waals surface area contributed by atoms with Crippen molar-refractivity contribution in [3.05, 3.63) is 65.1 Å². The smallest absolute Gasteiger partial charge is 0.321 e. The first-order valence-corrected chi connectivity index (χ1v) is 10.3. The number of hydrogen-bond donors (Lipinski definition) is 1. The SMILES string of the molecule is O=C(Nc1ccc(Oc2ncccn2)cc1)C1CCN(C(=O)c2cccs2)CC1. The second-order valence-electron chi connectivity index (χ2n) is 6.69. The van der Waals surface area contributed by atoms with Gasteiger partial charge in [-0.15, -0.1) is 11.3 Å². The maximum absolute atomic E-state index is 12.6. The van der Waals surface area contributed by atoms with Crippen molar-refractivity contribution in [2.45, 2.75) is 12.8 Å². The fraction of sp³-hybridized carbons (Fsp3) is 0.238. The number of piperidine rings is 1. The number of ether oxygens (including phenoxy) is 1. The number of likely N-dealkylation sites (tertiary alicyclic amines) is 1. The molecule has 1 aliphatic heterocycles. The number of amides is 2. The van der Waals surface area contributed by atoms with Gasteiger partial charge in [0.05, 0.1) is 4.88 Å². The average molecular weight is 408 g/mol. The van der Waals surface area contributed by atoms with Crippen molar-refractivity contribution in [3.63, 3.8) is 0 Å². The summed E-state index contributed by atoms with van der Waals surface area (Å²) in [4.78, 5) is 35.6. The minimum Gasteiger partial charge on any atom is -0.424 e. The number of benzene rings is 1. The third-order valence-corrected chi connectivity index (χ3v) is 5.62. The fourth-order valence-electron chi connectivity index (χ4n) is 3.20. The van der Waals surface area contributed by atoms with Gasteiger partial charge in [-0.05, 0) is 54.6 Å². The molecule has 0 radical (unpaired) electrons. The van der Waals surface area contributed by atoms with Crippen LogP contribution in [0, 0.1) is 5.92 Å². The molecule has 0 spiro atoms. The summed E-state index contributed by atoms with van der Waals surface area (Å²) in [6.45, 7) is 1.19. The van der Waals surface area contributed by atoms with Crippen molar-refractivity contribution in [3.8, 4) is 11.8 Å². The van der Waals surface area contributed by atoms with Crippen molar-refractivity contribution < 1.29 is 14.3 Å². The number of carbonyl (C=O) groups is 2. The summed E-state index contributed by atoms with van der Waals surface area (Å²) < 4.78 is 5.55. The Bertz CT molecular complexity index is 953. The lowest BCUT2D eigenvalue weighted by atomic mass is 9.95. The minimum absolute atomic E-state index is 0.0201. The summed E-state index contributed by atoms with van der Waals surface area (Å²) >= 11 is 1.45. The first-order chi connectivity index (χ1) is 14.2. The number of anilines is 1. The van der Waals surface area contributed by atoms with Gasteiger partial charge in [-0.2, -0.15) is 0 Å². The van der Waals surface area contributed by atoms with E-state index in [-0.39, 0.29) is 23.7 Å². The Labute approximate surface area is 172 Å². The lowest BCUT2D eigenvalue weighted by Gasteiger charge is -2.31. The molecule has 3 heterocycles. The molecule has 1 saturated heterocycles. The van der Waals surface area contributed by atoms with Crippen molar-refractivity contribution in [1.29, 1.82) is 0 Å². The van der Waals surface area contributed by atoms with Crippen molar-refractivity contribution in [2.24, 2.45) is 5.92 Å². The minimum atomic E-state index is -0.101. The molecule has 148 valence electrons. The summed E-state index contributed by atoms with van der Waals surface area (Å²) in [5.41, 5.74) is 0.702. The first-order valence-electron chi connectivity index (χ1n) is 9.37. The van der Waals surface area contributed by atoms with Gasteiger partial charge in [-0.1, -0.05) is 6.07 Å². The molecule has 7 nitrogen and oxygen atoms in total. The maximum atomic E-state index is 12.6. The van der Waals surface area contributed by atoms with E-state index < -0.39 is 0 Å². The van der Waals surface area contributed by atoms with E-state index in [0.717, 1.165) is 4.88 Å². The van der Waals surface area contributed by atoms with Crippen LogP contribution in [0.4, 0.5) is 5.69 Å². The molecule has 1 aliphatic rings. The van der Waals surface area contributed by atoms with Crippen LogP contribution in [0.2, 0.25) is 0 Å². The zero-order valence-electron chi connectivity index (χ0n) is 15.7. The predicted octanol–water partition coefficient (Wildman–Crippen LogP) is 3.82. The van der Waals surface area contributed by atoms with Crippen molar-refractivity contribution in [1.82, 2.24) is 14.9 Å². The highest BCUT2D eigenvalue weighted by Gasteiger charge is 2.28. The second-order valence-corrected chi connectivity index (χ2v) is 7.64. The molecule has 8 heteroatoms. The van der Waals surface area contributed by atoms with Crippen LogP contribution in [0.3, 0.4) is 0 Å². The van der Waals surface area contributed by atoms with Gasteiger partial charge in [0, 0.05) is 37.1 Å². The lowest BCUT2D eigenvalue weighted by molar-refractivity contribution is -0.121. The van der Waals surface area contributed by atoms with Gasteiger partial charge in [-0.25, -0.2) is 9.97 Å². The van der Waals surface area contributed by atoms with E-state index in [4.69, 9.17) is 4.74 Å². The Morgan fingerprint density at radius 3 is 2.41 bits per heavy atom. The molecular formula is C21H20N4O3S. The number of aromatic nitrogens is 2. The quantitative estimate of drug-likeness (QED) is 0.694. The number of thiophene rings is 1. The van der Waals surface area contributed by atoms with Crippen LogP contribution in [-0.4, -0.2) is 39.8 Å². The standard InChI is InChI=1S/C21H20N4O3S/c26-19(15-8-12-25(13-9-15)20(27)18-3-1-14-29-18)24-16-4-6-17(7-5-16)28-21-22-10-2-11-23-21/h1-7,10-11,14-15H,8-9,12-13H2,(H,24,26). The van der Waals surface area contributed by atoms with Crippen LogP contribution in [0.5, 0.6) is 11.8 Å². The summed E-state index contributed by atoms with van der Waals surface area (Å²) in [5, 5.41) is 4.85. The van der Waals surface area contributed by atoms with E-state index in [1.165, 1.54) is 11.3 Å². The monoisotopic (exact) mass is 408 g/mol. The van der Waals surface area contributed by atoms with Crippen molar-refractivity contribution >= 4 is 28.8 Å². The summed E-state index contributed by atoms with van der Waals surface area (Å²) in [5.74, 6) is 0.524. The second kappa shape index (κ2) is 8.83. The zero-order valence-corrected chi connectivity index (χ0v) is 16.5. The summed E-state index contributed by atoms with van der Waals surface area (Å²) in [6.07, 6.45) is 4.54. The Hall–Kier alpha value is -3.26. The molecule has 0 bridgehead atoms. The van der Waals surface area contributed by atoms with E-state index in [0.29, 0.717) is 37.4 Å². The van der Waals surface area contributed by atoms with E-state index >= 15 is 0 Å². The molecule has 29 heavy (non-hydrogen) atoms. The lowest BCUT2D eigenvalue weighted by Crippen LogP contribution is -2.41. The molecule has 2 amide bonds. The van der Waals surface area contributed by atoms with Crippen LogP contribution < -0.4 is 10.1 Å². The molecule has 0 saturated carbocycles. The zero-order chi connectivity index (χ0) is 20.1. The van der Waals surface area contributed by atoms with E-state index in [1.807, 2.05) is 22.4 Å². The number of nitrogens with zero attached hydrogens (tertiary/aromatic N) is 3. The van der Waals surface area contributed by atoms with E-state index in [2.05, 4.69) is 15.3 Å². The number of nitrogens with one attached hydrogen (secondary N) is 1. The van der Waals surface area contributed by atoms with Gasteiger partial charge in [0.25, 0.3) is 5.91 Å². The van der Waals surface area contributed by atoms with E-state index in [1.54, 1.807) is 42.7 Å². The van der Waals surface area contributed by atoms with Gasteiger partial charge in [-0.3, -0.25) is 9.59 Å². The summed E-state index contributed by atoms with van der Waals surface area (Å²) in [6, 6.07) is 12.8. The molecule has 3 aromatic rings. The third kappa shape index (κ3) is 4.78. The molecule has 0 unspecified atom stereocenters. The molecule has 2 aromatic heterocycles. The van der Waals surface area contributed by atoms with Gasteiger partial charge in [0.2, 0.25) is 5.91 Å².